The van der Waals surface area contributed by atoms with Crippen LogP contribution in [-0.4, -0.2) is 48.6 Å². The summed E-state index contributed by atoms with van der Waals surface area (Å²) in [5.41, 5.74) is -1.40. The third-order valence-corrected chi connectivity index (χ3v) is 6.83. The summed E-state index contributed by atoms with van der Waals surface area (Å²) in [6.07, 6.45) is 2.16. The Kier molecular flexibility index (Phi) is 7.83. The van der Waals surface area contributed by atoms with Crippen LogP contribution in [0.3, 0.4) is 0 Å². The normalized spacial score (nSPS) is 23.5. The molecular formula is C23H33F4N3O. The quantitative estimate of drug-likeness (QED) is 0.568. The smallest absolute Gasteiger partial charge is 0.322 e. The van der Waals surface area contributed by atoms with E-state index in [0.717, 1.165) is 64.1 Å². The molecule has 1 aliphatic heterocycles. The van der Waals surface area contributed by atoms with Gasteiger partial charge in [0.1, 0.15) is 5.82 Å². The first-order valence-corrected chi connectivity index (χ1v) is 11.3. The molecule has 0 aromatic heterocycles. The molecule has 2 fully saturated rings. The van der Waals surface area contributed by atoms with Crippen molar-refractivity contribution in [2.45, 2.75) is 64.1 Å². The van der Waals surface area contributed by atoms with E-state index in [-0.39, 0.29) is 11.7 Å². The number of anilines is 1. The van der Waals surface area contributed by atoms with Crippen molar-refractivity contribution in [3.63, 3.8) is 0 Å². The summed E-state index contributed by atoms with van der Waals surface area (Å²) < 4.78 is 52.7. The number of nitrogens with zero attached hydrogens (tertiary/aromatic N) is 2. The number of carbonyl (C=O) groups is 1. The van der Waals surface area contributed by atoms with E-state index >= 15 is 0 Å². The second-order valence-electron chi connectivity index (χ2n) is 9.26. The molecule has 0 radical (unpaired) electrons. The highest BCUT2D eigenvalue weighted by Gasteiger charge is 2.35. The molecule has 0 unspecified atom stereocenters. The van der Waals surface area contributed by atoms with Crippen LogP contribution in [0.1, 0.15) is 57.4 Å². The number of benzene rings is 1. The number of halogens is 4. The van der Waals surface area contributed by atoms with E-state index in [1.807, 2.05) is 0 Å². The second kappa shape index (κ2) is 10.2. The Morgan fingerprint density at radius 1 is 1.13 bits per heavy atom. The lowest BCUT2D eigenvalue weighted by Gasteiger charge is -2.37. The molecule has 1 saturated heterocycles. The monoisotopic (exact) mass is 443 g/mol. The first-order chi connectivity index (χ1) is 14.6. The largest absolute Gasteiger partial charge is 0.419 e. The van der Waals surface area contributed by atoms with Gasteiger partial charge in [0.15, 0.2) is 0 Å². The van der Waals surface area contributed by atoms with E-state index < -0.39 is 23.6 Å². The number of amides is 2. The number of rotatable bonds is 5. The fraction of sp³-hybridized carbons (Fsp3) is 0.696. The fourth-order valence-corrected chi connectivity index (χ4v) is 4.69. The number of nitrogens with one attached hydrogen (secondary N) is 1. The number of hydrogen-bond donors (Lipinski definition) is 1. The second-order valence-corrected chi connectivity index (χ2v) is 9.26. The zero-order valence-corrected chi connectivity index (χ0v) is 18.3. The number of carbonyl (C=O) groups excluding carboxylic acids is 1. The SMILES string of the molecule is CC1CCC(N(CCC2CCN(C)CC2)C(=O)Nc2ccc(F)c(C(F)(F)F)c2)CC1. The Morgan fingerprint density at radius 2 is 1.77 bits per heavy atom. The van der Waals surface area contributed by atoms with E-state index in [0.29, 0.717) is 24.4 Å². The maximum atomic E-state index is 13.6. The molecule has 1 aromatic rings. The fourth-order valence-electron chi connectivity index (χ4n) is 4.69. The highest BCUT2D eigenvalue weighted by atomic mass is 19.4. The van der Waals surface area contributed by atoms with Gasteiger partial charge in [0.25, 0.3) is 0 Å². The molecule has 0 atom stereocenters. The molecule has 2 amide bonds. The molecule has 1 heterocycles. The topological polar surface area (TPSA) is 35.6 Å². The van der Waals surface area contributed by atoms with Gasteiger partial charge in [0, 0.05) is 18.3 Å². The van der Waals surface area contributed by atoms with Gasteiger partial charge in [-0.3, -0.25) is 0 Å². The summed E-state index contributed by atoms with van der Waals surface area (Å²) in [4.78, 5) is 17.2. The average molecular weight is 444 g/mol. The molecule has 1 aliphatic carbocycles. The van der Waals surface area contributed by atoms with Crippen molar-refractivity contribution in [3.8, 4) is 0 Å². The van der Waals surface area contributed by atoms with Crippen LogP contribution in [0.25, 0.3) is 0 Å². The summed E-state index contributed by atoms with van der Waals surface area (Å²) in [5, 5.41) is 2.60. The maximum Gasteiger partial charge on any atom is 0.419 e. The Balaban J connectivity index is 1.69. The van der Waals surface area contributed by atoms with Crippen molar-refractivity contribution in [2.24, 2.45) is 11.8 Å². The van der Waals surface area contributed by atoms with Crippen LogP contribution in [-0.2, 0) is 6.18 Å². The van der Waals surface area contributed by atoms with Crippen LogP contribution in [0.15, 0.2) is 18.2 Å². The molecule has 1 N–H and O–H groups in total. The molecule has 8 heteroatoms. The molecule has 2 aliphatic rings. The summed E-state index contributed by atoms with van der Waals surface area (Å²) in [7, 11) is 2.11. The van der Waals surface area contributed by atoms with Gasteiger partial charge in [-0.05, 0) is 95.1 Å². The molecule has 0 bridgehead atoms. The summed E-state index contributed by atoms with van der Waals surface area (Å²) in [6.45, 7) is 4.89. The van der Waals surface area contributed by atoms with Gasteiger partial charge in [0.05, 0.1) is 5.56 Å². The van der Waals surface area contributed by atoms with Crippen LogP contribution in [0, 0.1) is 17.7 Å². The standard InChI is InChI=1S/C23H33F4N3O/c1-16-3-6-19(7-4-16)30(14-11-17-9-12-29(2)13-10-17)22(31)28-18-5-8-21(24)20(15-18)23(25,26)27/h5,8,15-17,19H,3-4,6-7,9-14H2,1-2H3,(H,28,31). The third kappa shape index (κ3) is 6.57. The minimum absolute atomic E-state index is 0.0350. The molecule has 0 spiro atoms. The van der Waals surface area contributed by atoms with Crippen molar-refractivity contribution in [3.05, 3.63) is 29.6 Å². The van der Waals surface area contributed by atoms with Gasteiger partial charge in [-0.1, -0.05) is 6.92 Å². The Morgan fingerprint density at radius 3 is 2.39 bits per heavy atom. The number of likely N-dealkylation sites (tertiary alicyclic amines) is 1. The van der Waals surface area contributed by atoms with Gasteiger partial charge in [0.2, 0.25) is 0 Å². The van der Waals surface area contributed by atoms with Gasteiger partial charge in [-0.2, -0.15) is 13.2 Å². The lowest BCUT2D eigenvalue weighted by Crippen LogP contribution is -2.45. The van der Waals surface area contributed by atoms with Crippen molar-refractivity contribution in [2.75, 3.05) is 32.0 Å². The number of hydrogen-bond acceptors (Lipinski definition) is 2. The molecule has 1 aromatic carbocycles. The minimum atomic E-state index is -4.81. The first-order valence-electron chi connectivity index (χ1n) is 11.3. The van der Waals surface area contributed by atoms with Gasteiger partial charge in [-0.25, -0.2) is 9.18 Å². The van der Waals surface area contributed by atoms with E-state index in [1.54, 1.807) is 4.90 Å². The number of alkyl halides is 3. The molecular weight excluding hydrogens is 410 g/mol. The van der Waals surface area contributed by atoms with Crippen molar-refractivity contribution in [1.82, 2.24) is 9.80 Å². The Hall–Kier alpha value is -1.83. The van der Waals surface area contributed by atoms with Crippen molar-refractivity contribution in [1.29, 1.82) is 0 Å². The molecule has 3 rings (SSSR count). The zero-order valence-electron chi connectivity index (χ0n) is 18.3. The predicted octanol–water partition coefficient (Wildman–Crippen LogP) is 5.99. The van der Waals surface area contributed by atoms with Crippen LogP contribution in [0.2, 0.25) is 0 Å². The number of urea groups is 1. The summed E-state index contributed by atoms with van der Waals surface area (Å²) >= 11 is 0. The van der Waals surface area contributed by atoms with Gasteiger partial charge in [-0.15, -0.1) is 0 Å². The first kappa shape index (κ1) is 23.8. The van der Waals surface area contributed by atoms with Crippen molar-refractivity contribution < 1.29 is 22.4 Å². The number of piperidine rings is 1. The van der Waals surface area contributed by atoms with Crippen LogP contribution in [0.4, 0.5) is 28.0 Å². The summed E-state index contributed by atoms with van der Waals surface area (Å²) in [5.74, 6) is -0.163. The Labute approximate surface area is 182 Å². The molecule has 1 saturated carbocycles. The summed E-state index contributed by atoms with van der Waals surface area (Å²) in [6, 6.07) is 2.30. The average Bonchev–Trinajstić information content (AvgIpc) is 2.71. The highest BCUT2D eigenvalue weighted by Crippen LogP contribution is 2.33. The van der Waals surface area contributed by atoms with E-state index in [1.165, 1.54) is 6.07 Å². The van der Waals surface area contributed by atoms with Crippen LogP contribution in [0.5, 0.6) is 0 Å². The predicted molar refractivity (Wildman–Crippen MR) is 113 cm³/mol. The van der Waals surface area contributed by atoms with Crippen LogP contribution < -0.4 is 5.32 Å². The zero-order chi connectivity index (χ0) is 22.6. The highest BCUT2D eigenvalue weighted by molar-refractivity contribution is 5.89. The minimum Gasteiger partial charge on any atom is -0.322 e. The Bertz CT molecular complexity index is 739. The van der Waals surface area contributed by atoms with E-state index in [4.69, 9.17) is 0 Å². The van der Waals surface area contributed by atoms with Crippen molar-refractivity contribution >= 4 is 11.7 Å². The van der Waals surface area contributed by atoms with Gasteiger partial charge >= 0.3 is 12.2 Å². The molecule has 4 nitrogen and oxygen atoms in total. The lowest BCUT2D eigenvalue weighted by molar-refractivity contribution is -0.139. The molecule has 174 valence electrons. The lowest BCUT2D eigenvalue weighted by atomic mass is 9.86. The van der Waals surface area contributed by atoms with E-state index in [2.05, 4.69) is 24.2 Å². The maximum absolute atomic E-state index is 13.6. The molecule has 31 heavy (non-hydrogen) atoms. The third-order valence-electron chi connectivity index (χ3n) is 6.83. The van der Waals surface area contributed by atoms with E-state index in [9.17, 15) is 22.4 Å². The van der Waals surface area contributed by atoms with Crippen LogP contribution >= 0.6 is 0 Å². The van der Waals surface area contributed by atoms with Gasteiger partial charge < -0.3 is 15.1 Å².